The monoisotopic (exact) mass is 262 g/mol. The first-order chi connectivity index (χ1) is 9.10. The van der Waals surface area contributed by atoms with Gasteiger partial charge < -0.3 is 4.74 Å². The lowest BCUT2D eigenvalue weighted by Gasteiger charge is -2.36. The van der Waals surface area contributed by atoms with Gasteiger partial charge in [-0.25, -0.2) is 4.79 Å². The topological polar surface area (TPSA) is 42.4 Å². The number of rotatable bonds is 3. The molecule has 19 heavy (non-hydrogen) atoms. The number of ether oxygens (including phenoxy) is 1. The van der Waals surface area contributed by atoms with Crippen molar-refractivity contribution in [3.63, 3.8) is 0 Å². The van der Waals surface area contributed by atoms with Gasteiger partial charge in [0.05, 0.1) is 18.4 Å². The third-order valence-electron chi connectivity index (χ3n) is 3.86. The molecule has 2 rings (SSSR count). The summed E-state index contributed by atoms with van der Waals surface area (Å²) in [6.45, 7) is 6.55. The minimum absolute atomic E-state index is 0.334. The summed E-state index contributed by atoms with van der Waals surface area (Å²) in [5, 5.41) is 0. The standard InChI is InChI=1S/C15H22N2O2/c1-11-4-5-12(2)17(9-11)10-14-7-6-13(8-16-14)15(18)19-3/h6-8,11-12H,4-5,9-10H2,1-3H3. The van der Waals surface area contributed by atoms with Gasteiger partial charge >= 0.3 is 5.97 Å². The van der Waals surface area contributed by atoms with Crippen LogP contribution in [0.5, 0.6) is 0 Å². The van der Waals surface area contributed by atoms with Gasteiger partial charge in [0, 0.05) is 25.3 Å². The first-order valence-corrected chi connectivity index (χ1v) is 6.87. The van der Waals surface area contributed by atoms with Crippen molar-refractivity contribution in [1.82, 2.24) is 9.88 Å². The van der Waals surface area contributed by atoms with Crippen LogP contribution in [0.1, 0.15) is 42.7 Å². The van der Waals surface area contributed by atoms with Crippen molar-refractivity contribution < 1.29 is 9.53 Å². The van der Waals surface area contributed by atoms with Crippen molar-refractivity contribution in [2.24, 2.45) is 5.92 Å². The Morgan fingerprint density at radius 1 is 1.42 bits per heavy atom. The number of hydrogen-bond acceptors (Lipinski definition) is 4. The summed E-state index contributed by atoms with van der Waals surface area (Å²) in [5.74, 6) is 0.421. The molecule has 0 aliphatic carbocycles. The van der Waals surface area contributed by atoms with Crippen LogP contribution in [0, 0.1) is 5.92 Å². The lowest BCUT2D eigenvalue weighted by Crippen LogP contribution is -2.40. The molecule has 1 fully saturated rings. The Morgan fingerprint density at radius 3 is 2.84 bits per heavy atom. The van der Waals surface area contributed by atoms with E-state index in [0.717, 1.165) is 24.7 Å². The van der Waals surface area contributed by atoms with E-state index in [0.29, 0.717) is 11.6 Å². The first-order valence-electron chi connectivity index (χ1n) is 6.87. The summed E-state index contributed by atoms with van der Waals surface area (Å²) in [6, 6.07) is 4.31. The largest absolute Gasteiger partial charge is 0.465 e. The van der Waals surface area contributed by atoms with Crippen molar-refractivity contribution in [2.45, 2.75) is 39.3 Å². The Kier molecular flexibility index (Phi) is 4.53. The predicted molar refractivity (Wildman–Crippen MR) is 73.8 cm³/mol. The van der Waals surface area contributed by atoms with E-state index in [-0.39, 0.29) is 5.97 Å². The lowest BCUT2D eigenvalue weighted by molar-refractivity contribution is 0.0600. The third-order valence-corrected chi connectivity index (χ3v) is 3.86. The van der Waals surface area contributed by atoms with Gasteiger partial charge in [-0.1, -0.05) is 6.92 Å². The van der Waals surface area contributed by atoms with E-state index < -0.39 is 0 Å². The van der Waals surface area contributed by atoms with E-state index >= 15 is 0 Å². The highest BCUT2D eigenvalue weighted by Crippen LogP contribution is 2.22. The molecule has 2 unspecified atom stereocenters. The normalized spacial score (nSPS) is 24.2. The average Bonchev–Trinajstić information content (AvgIpc) is 2.43. The van der Waals surface area contributed by atoms with Crippen LogP contribution < -0.4 is 0 Å². The van der Waals surface area contributed by atoms with Gasteiger partial charge in [0.1, 0.15) is 0 Å². The highest BCUT2D eigenvalue weighted by atomic mass is 16.5. The Balaban J connectivity index is 2.00. The van der Waals surface area contributed by atoms with Gasteiger partial charge in [0.25, 0.3) is 0 Å². The second-order valence-electron chi connectivity index (χ2n) is 5.49. The number of nitrogens with zero attached hydrogens (tertiary/aromatic N) is 2. The molecule has 1 aromatic rings. The maximum atomic E-state index is 11.3. The Morgan fingerprint density at radius 2 is 2.21 bits per heavy atom. The molecular weight excluding hydrogens is 240 g/mol. The van der Waals surface area contributed by atoms with Gasteiger partial charge in [0.15, 0.2) is 0 Å². The van der Waals surface area contributed by atoms with E-state index in [1.165, 1.54) is 20.0 Å². The van der Waals surface area contributed by atoms with Crippen molar-refractivity contribution in [1.29, 1.82) is 0 Å². The summed E-state index contributed by atoms with van der Waals surface area (Å²) in [5.41, 5.74) is 1.51. The number of carbonyl (C=O) groups is 1. The molecule has 0 spiro atoms. The molecule has 1 saturated heterocycles. The molecule has 104 valence electrons. The number of piperidine rings is 1. The summed E-state index contributed by atoms with van der Waals surface area (Å²) in [4.78, 5) is 18.2. The molecule has 2 heterocycles. The quantitative estimate of drug-likeness (QED) is 0.785. The molecule has 0 aromatic carbocycles. The maximum Gasteiger partial charge on any atom is 0.339 e. The molecule has 0 radical (unpaired) electrons. The SMILES string of the molecule is COC(=O)c1ccc(CN2CC(C)CCC2C)nc1. The number of likely N-dealkylation sites (tertiary alicyclic amines) is 1. The van der Waals surface area contributed by atoms with Crippen LogP contribution in [-0.4, -0.2) is 35.5 Å². The zero-order valence-corrected chi connectivity index (χ0v) is 11.9. The smallest absolute Gasteiger partial charge is 0.339 e. The van der Waals surface area contributed by atoms with Crippen LogP contribution in [0.4, 0.5) is 0 Å². The van der Waals surface area contributed by atoms with Crippen LogP contribution in [0.3, 0.4) is 0 Å². The number of hydrogen-bond donors (Lipinski definition) is 0. The van der Waals surface area contributed by atoms with E-state index in [9.17, 15) is 4.79 Å². The van der Waals surface area contributed by atoms with Crippen LogP contribution in [0.25, 0.3) is 0 Å². The fourth-order valence-electron chi connectivity index (χ4n) is 2.56. The first kappa shape index (κ1) is 14.0. The fraction of sp³-hybridized carbons (Fsp3) is 0.600. The van der Waals surface area contributed by atoms with Gasteiger partial charge in [-0.3, -0.25) is 9.88 Å². The molecule has 4 nitrogen and oxygen atoms in total. The molecule has 0 amide bonds. The van der Waals surface area contributed by atoms with Crippen molar-refractivity contribution in [2.75, 3.05) is 13.7 Å². The summed E-state index contributed by atoms with van der Waals surface area (Å²) in [6.07, 6.45) is 4.16. The van der Waals surface area contributed by atoms with Crippen molar-refractivity contribution in [3.8, 4) is 0 Å². The molecule has 0 saturated carbocycles. The van der Waals surface area contributed by atoms with E-state index in [2.05, 4.69) is 28.5 Å². The minimum atomic E-state index is -0.334. The zero-order valence-electron chi connectivity index (χ0n) is 11.9. The average molecular weight is 262 g/mol. The molecule has 1 aromatic heterocycles. The van der Waals surface area contributed by atoms with E-state index in [1.54, 1.807) is 12.3 Å². The third kappa shape index (κ3) is 3.53. The fourth-order valence-corrected chi connectivity index (χ4v) is 2.56. The Hall–Kier alpha value is -1.42. The van der Waals surface area contributed by atoms with Gasteiger partial charge in [0.2, 0.25) is 0 Å². The number of esters is 1. The molecule has 2 atom stereocenters. The molecule has 0 bridgehead atoms. The summed E-state index contributed by atoms with van der Waals surface area (Å²) < 4.78 is 4.67. The zero-order chi connectivity index (χ0) is 13.8. The minimum Gasteiger partial charge on any atom is -0.465 e. The maximum absolute atomic E-state index is 11.3. The second kappa shape index (κ2) is 6.15. The molecule has 4 heteroatoms. The van der Waals surface area contributed by atoms with Gasteiger partial charge in [-0.05, 0) is 37.8 Å². The highest BCUT2D eigenvalue weighted by molar-refractivity contribution is 5.88. The highest BCUT2D eigenvalue weighted by Gasteiger charge is 2.23. The van der Waals surface area contributed by atoms with E-state index in [4.69, 9.17) is 0 Å². The summed E-state index contributed by atoms with van der Waals surface area (Å²) in [7, 11) is 1.38. The Bertz CT molecular complexity index is 430. The van der Waals surface area contributed by atoms with Crippen molar-refractivity contribution in [3.05, 3.63) is 29.6 Å². The van der Waals surface area contributed by atoms with Crippen LogP contribution in [0.15, 0.2) is 18.3 Å². The number of carbonyl (C=O) groups excluding carboxylic acids is 1. The van der Waals surface area contributed by atoms with Gasteiger partial charge in [-0.2, -0.15) is 0 Å². The lowest BCUT2D eigenvalue weighted by atomic mass is 9.95. The van der Waals surface area contributed by atoms with Gasteiger partial charge in [-0.15, -0.1) is 0 Å². The molecule has 1 aliphatic heterocycles. The van der Waals surface area contributed by atoms with Crippen LogP contribution in [0.2, 0.25) is 0 Å². The van der Waals surface area contributed by atoms with E-state index in [1.807, 2.05) is 6.07 Å². The predicted octanol–water partition coefficient (Wildman–Crippen LogP) is 2.49. The number of aromatic nitrogens is 1. The Labute approximate surface area is 114 Å². The number of methoxy groups -OCH3 is 1. The number of pyridine rings is 1. The second-order valence-corrected chi connectivity index (χ2v) is 5.49. The molecule has 1 aliphatic rings. The van der Waals surface area contributed by atoms with Crippen molar-refractivity contribution >= 4 is 5.97 Å². The summed E-state index contributed by atoms with van der Waals surface area (Å²) >= 11 is 0. The van der Waals surface area contributed by atoms with Crippen LogP contribution in [-0.2, 0) is 11.3 Å². The molecule has 0 N–H and O–H groups in total. The molecular formula is C15H22N2O2. The van der Waals surface area contributed by atoms with Crippen LogP contribution >= 0.6 is 0 Å².